The summed E-state index contributed by atoms with van der Waals surface area (Å²) < 4.78 is 0. The molecule has 11 heavy (non-hydrogen) atoms. The first kappa shape index (κ1) is 10.2. The van der Waals surface area contributed by atoms with Crippen LogP contribution < -0.4 is 5.73 Å². The minimum atomic E-state index is -0.699. The van der Waals surface area contributed by atoms with Gasteiger partial charge < -0.3 is 5.73 Å². The fourth-order valence-corrected chi connectivity index (χ4v) is 0.623. The summed E-state index contributed by atoms with van der Waals surface area (Å²) in [6.07, 6.45) is 1.08. The average molecular weight is 153 g/mol. The van der Waals surface area contributed by atoms with Gasteiger partial charge in [-0.1, -0.05) is 0 Å². The molecule has 0 aliphatic rings. The van der Waals surface area contributed by atoms with Crippen LogP contribution in [0, 0.1) is 11.8 Å². The Bertz CT molecular complexity index is 190. The van der Waals surface area contributed by atoms with E-state index in [0.717, 1.165) is 0 Å². The van der Waals surface area contributed by atoms with Crippen molar-refractivity contribution in [3.63, 3.8) is 0 Å². The Balaban J connectivity index is 3.77. The molecule has 2 N–H and O–H groups in total. The Kier molecular flexibility index (Phi) is 3.84. The lowest BCUT2D eigenvalue weighted by Crippen LogP contribution is -2.41. The van der Waals surface area contributed by atoms with Crippen LogP contribution in [0.4, 0.5) is 0 Å². The van der Waals surface area contributed by atoms with E-state index in [9.17, 15) is 4.79 Å². The van der Waals surface area contributed by atoms with Crippen LogP contribution in [-0.4, -0.2) is 11.3 Å². The normalized spacial score (nSPS) is 10.2. The number of carbonyl (C=O) groups excluding carboxylic acids is 1. The lowest BCUT2D eigenvalue weighted by Gasteiger charge is -2.15. The Labute approximate surface area is 68.2 Å². The highest BCUT2D eigenvalue weighted by Crippen LogP contribution is 2.03. The van der Waals surface area contributed by atoms with Crippen molar-refractivity contribution in [1.29, 1.82) is 0 Å². The molecule has 0 aliphatic carbocycles. The fourth-order valence-electron chi connectivity index (χ4n) is 0.623. The first-order chi connectivity index (χ1) is 4.98. The van der Waals surface area contributed by atoms with Crippen molar-refractivity contribution in [3.05, 3.63) is 0 Å². The van der Waals surface area contributed by atoms with Crippen LogP contribution in [0.3, 0.4) is 0 Å². The number of rotatable bonds is 3. The maximum absolute atomic E-state index is 11.1. The van der Waals surface area contributed by atoms with Crippen molar-refractivity contribution < 1.29 is 4.79 Å². The quantitative estimate of drug-likeness (QED) is 0.617. The van der Waals surface area contributed by atoms with Gasteiger partial charge in [-0.05, 0) is 20.8 Å². The van der Waals surface area contributed by atoms with E-state index < -0.39 is 5.54 Å². The van der Waals surface area contributed by atoms with Gasteiger partial charge in [-0.3, -0.25) is 4.79 Å². The Hall–Kier alpha value is -0.810. The van der Waals surface area contributed by atoms with Crippen molar-refractivity contribution in [2.75, 3.05) is 0 Å². The standard InChI is InChI=1S/C9H15NO/c1-4-5-6-7-8(11)9(2,3)10/h6-7,10H2,1-3H3. The van der Waals surface area contributed by atoms with Crippen LogP contribution in [0.5, 0.6) is 0 Å². The third-order valence-electron chi connectivity index (χ3n) is 1.37. The zero-order valence-corrected chi connectivity index (χ0v) is 7.40. The van der Waals surface area contributed by atoms with Crippen LogP contribution in [0.15, 0.2) is 0 Å². The molecule has 0 aromatic rings. The van der Waals surface area contributed by atoms with Crippen molar-refractivity contribution in [2.24, 2.45) is 5.73 Å². The molecule has 0 unspecified atom stereocenters. The van der Waals surface area contributed by atoms with Gasteiger partial charge in [0.25, 0.3) is 0 Å². The summed E-state index contributed by atoms with van der Waals surface area (Å²) in [5.41, 5.74) is 4.86. The van der Waals surface area contributed by atoms with Gasteiger partial charge in [0, 0.05) is 12.8 Å². The van der Waals surface area contributed by atoms with Crippen molar-refractivity contribution in [1.82, 2.24) is 0 Å². The van der Waals surface area contributed by atoms with E-state index in [0.29, 0.717) is 12.8 Å². The molecule has 0 fully saturated rings. The van der Waals surface area contributed by atoms with Gasteiger partial charge in [0.15, 0.2) is 5.78 Å². The molecule has 0 amide bonds. The van der Waals surface area contributed by atoms with Gasteiger partial charge in [-0.25, -0.2) is 0 Å². The van der Waals surface area contributed by atoms with E-state index in [1.54, 1.807) is 20.8 Å². The smallest absolute Gasteiger partial charge is 0.153 e. The van der Waals surface area contributed by atoms with E-state index in [1.807, 2.05) is 0 Å². The predicted octanol–water partition coefficient (Wildman–Crippen LogP) is 1.10. The summed E-state index contributed by atoms with van der Waals surface area (Å²) >= 11 is 0. The minimum absolute atomic E-state index is 0.0697. The number of hydrogen-bond acceptors (Lipinski definition) is 2. The van der Waals surface area contributed by atoms with Crippen LogP contribution >= 0.6 is 0 Å². The van der Waals surface area contributed by atoms with E-state index in [4.69, 9.17) is 5.73 Å². The van der Waals surface area contributed by atoms with Crippen molar-refractivity contribution in [2.45, 2.75) is 39.2 Å². The number of Topliss-reactive ketones (excluding diaryl/α,β-unsaturated/α-hetero) is 1. The molecule has 0 aromatic heterocycles. The van der Waals surface area contributed by atoms with Crippen molar-refractivity contribution in [3.8, 4) is 11.8 Å². The molecule has 0 aromatic carbocycles. The molecule has 0 rings (SSSR count). The van der Waals surface area contributed by atoms with Crippen LogP contribution in [-0.2, 0) is 4.79 Å². The SMILES string of the molecule is CC#CCCC(=O)C(C)(C)N. The summed E-state index contributed by atoms with van der Waals surface area (Å²) in [7, 11) is 0. The van der Waals surface area contributed by atoms with Crippen LogP contribution in [0.25, 0.3) is 0 Å². The zero-order chi connectivity index (χ0) is 8.91. The summed E-state index contributed by atoms with van der Waals surface area (Å²) in [5.74, 6) is 5.63. The number of carbonyl (C=O) groups is 1. The summed E-state index contributed by atoms with van der Waals surface area (Å²) in [5, 5.41) is 0. The molecule has 0 atom stereocenters. The number of hydrogen-bond donors (Lipinski definition) is 1. The third kappa shape index (κ3) is 4.58. The lowest BCUT2D eigenvalue weighted by atomic mass is 9.97. The first-order valence-electron chi connectivity index (χ1n) is 3.70. The Morgan fingerprint density at radius 1 is 1.55 bits per heavy atom. The monoisotopic (exact) mass is 153 g/mol. The molecule has 0 saturated heterocycles. The summed E-state index contributed by atoms with van der Waals surface area (Å²) in [6.45, 7) is 5.20. The van der Waals surface area contributed by atoms with Gasteiger partial charge >= 0.3 is 0 Å². The molecule has 0 radical (unpaired) electrons. The molecule has 0 saturated carbocycles. The molecular weight excluding hydrogens is 138 g/mol. The Morgan fingerprint density at radius 2 is 2.09 bits per heavy atom. The van der Waals surface area contributed by atoms with E-state index in [2.05, 4.69) is 11.8 Å². The highest BCUT2D eigenvalue weighted by atomic mass is 16.1. The number of nitrogens with two attached hydrogens (primary N) is 1. The van der Waals surface area contributed by atoms with Crippen molar-refractivity contribution >= 4 is 5.78 Å². The second-order valence-corrected chi connectivity index (χ2v) is 3.07. The Morgan fingerprint density at radius 3 is 2.45 bits per heavy atom. The largest absolute Gasteiger partial charge is 0.319 e. The molecule has 0 bridgehead atoms. The first-order valence-corrected chi connectivity index (χ1v) is 3.70. The van der Waals surface area contributed by atoms with Gasteiger partial charge in [0.2, 0.25) is 0 Å². The number of ketones is 1. The molecule has 2 heteroatoms. The molecule has 0 heterocycles. The summed E-state index contributed by atoms with van der Waals surface area (Å²) in [4.78, 5) is 11.1. The predicted molar refractivity (Wildman–Crippen MR) is 46.0 cm³/mol. The highest BCUT2D eigenvalue weighted by Gasteiger charge is 2.20. The maximum Gasteiger partial charge on any atom is 0.153 e. The van der Waals surface area contributed by atoms with Gasteiger partial charge in [0.05, 0.1) is 5.54 Å². The maximum atomic E-state index is 11.1. The van der Waals surface area contributed by atoms with Crippen LogP contribution in [0.1, 0.15) is 33.6 Å². The van der Waals surface area contributed by atoms with E-state index >= 15 is 0 Å². The molecule has 2 nitrogen and oxygen atoms in total. The van der Waals surface area contributed by atoms with Gasteiger partial charge in [-0.15, -0.1) is 11.8 Å². The molecule has 0 aliphatic heterocycles. The lowest BCUT2D eigenvalue weighted by molar-refractivity contribution is -0.122. The minimum Gasteiger partial charge on any atom is -0.319 e. The average Bonchev–Trinajstić information content (AvgIpc) is 1.86. The van der Waals surface area contributed by atoms with Crippen LogP contribution in [0.2, 0.25) is 0 Å². The topological polar surface area (TPSA) is 43.1 Å². The summed E-state index contributed by atoms with van der Waals surface area (Å²) in [6, 6.07) is 0. The van der Waals surface area contributed by atoms with E-state index in [1.165, 1.54) is 0 Å². The van der Waals surface area contributed by atoms with Gasteiger partial charge in [-0.2, -0.15) is 0 Å². The third-order valence-corrected chi connectivity index (χ3v) is 1.37. The van der Waals surface area contributed by atoms with E-state index in [-0.39, 0.29) is 5.78 Å². The fraction of sp³-hybridized carbons (Fsp3) is 0.667. The zero-order valence-electron chi connectivity index (χ0n) is 7.40. The molecule has 0 spiro atoms. The molecular formula is C9H15NO. The highest BCUT2D eigenvalue weighted by molar-refractivity contribution is 5.87. The molecule has 62 valence electrons. The second kappa shape index (κ2) is 4.15. The second-order valence-electron chi connectivity index (χ2n) is 3.07. The van der Waals surface area contributed by atoms with Gasteiger partial charge in [0.1, 0.15) is 0 Å².